The van der Waals surface area contributed by atoms with E-state index in [2.05, 4.69) is 21.3 Å². The average Bonchev–Trinajstić information content (AvgIpc) is 2.81. The molecule has 0 aliphatic carbocycles. The van der Waals surface area contributed by atoms with Crippen LogP contribution in [0.1, 0.15) is 48.8 Å². The second-order valence-electron chi connectivity index (χ2n) is 8.33. The van der Waals surface area contributed by atoms with E-state index in [-0.39, 0.29) is 35.5 Å². The van der Waals surface area contributed by atoms with Gasteiger partial charge in [0.1, 0.15) is 0 Å². The van der Waals surface area contributed by atoms with Crippen LogP contribution in [0.15, 0.2) is 53.3 Å². The van der Waals surface area contributed by atoms with Crippen LogP contribution in [0.5, 0.6) is 0 Å². The van der Waals surface area contributed by atoms with E-state index < -0.39 is 11.8 Å². The minimum atomic E-state index is -0.627. The second-order valence-corrected chi connectivity index (χ2v) is 8.33. The van der Waals surface area contributed by atoms with Crippen LogP contribution in [0.2, 0.25) is 0 Å². The van der Waals surface area contributed by atoms with Gasteiger partial charge in [-0.25, -0.2) is 4.68 Å². The summed E-state index contributed by atoms with van der Waals surface area (Å²) in [5, 5.41) is 7.86. The number of hydrogen-bond donors (Lipinski definition) is 3. The quantitative estimate of drug-likeness (QED) is 0.518. The zero-order valence-corrected chi connectivity index (χ0v) is 18.4. The molecule has 2 heterocycles. The van der Waals surface area contributed by atoms with Crippen molar-refractivity contribution in [3.8, 4) is 0 Å². The van der Waals surface area contributed by atoms with Gasteiger partial charge in [0.15, 0.2) is 5.69 Å². The molecule has 0 radical (unpaired) electrons. The predicted octanol–water partition coefficient (Wildman–Crippen LogP) is 2.33. The van der Waals surface area contributed by atoms with E-state index in [1.54, 1.807) is 38.1 Å². The lowest BCUT2D eigenvalue weighted by atomic mass is 9.89. The number of aromatic nitrogens is 2. The highest BCUT2D eigenvalue weighted by Gasteiger charge is 2.26. The van der Waals surface area contributed by atoms with Gasteiger partial charge in [0, 0.05) is 23.4 Å². The molecule has 3 aromatic rings. The minimum absolute atomic E-state index is 0.0439. The van der Waals surface area contributed by atoms with Gasteiger partial charge in [-0.2, -0.15) is 5.10 Å². The van der Waals surface area contributed by atoms with Gasteiger partial charge < -0.3 is 5.32 Å². The zero-order valence-electron chi connectivity index (χ0n) is 18.4. The minimum Gasteiger partial charge on any atom is -0.326 e. The normalized spacial score (nSPS) is 15.1. The molecular formula is C24H25N5O4. The van der Waals surface area contributed by atoms with Crippen molar-refractivity contribution < 1.29 is 14.4 Å². The molecule has 4 rings (SSSR count). The van der Waals surface area contributed by atoms with Gasteiger partial charge in [0.2, 0.25) is 11.8 Å². The number of hydrogen-bond acceptors (Lipinski definition) is 5. The molecule has 0 saturated carbocycles. The molecule has 9 nitrogen and oxygen atoms in total. The molecule has 0 bridgehead atoms. The fourth-order valence-corrected chi connectivity index (χ4v) is 3.92. The molecule has 9 heteroatoms. The Bertz CT molecular complexity index is 1300. The van der Waals surface area contributed by atoms with Crippen molar-refractivity contribution in [2.24, 2.45) is 5.92 Å². The van der Waals surface area contributed by atoms with E-state index in [1.807, 2.05) is 24.3 Å². The van der Waals surface area contributed by atoms with Crippen molar-refractivity contribution >= 4 is 34.2 Å². The number of nitrogens with zero attached hydrogens (tertiary/aromatic N) is 2. The van der Waals surface area contributed by atoms with Crippen LogP contribution in [-0.4, -0.2) is 27.5 Å². The molecule has 1 aliphatic heterocycles. The topological polar surface area (TPSA) is 122 Å². The summed E-state index contributed by atoms with van der Waals surface area (Å²) in [6, 6.07) is 14.1. The number of anilines is 1. The fourth-order valence-electron chi connectivity index (χ4n) is 3.92. The summed E-state index contributed by atoms with van der Waals surface area (Å²) in [6.45, 7) is 3.60. The lowest BCUT2D eigenvalue weighted by Gasteiger charge is -2.24. The second kappa shape index (κ2) is 9.23. The molecular weight excluding hydrogens is 422 g/mol. The molecule has 2 aromatic carbocycles. The summed E-state index contributed by atoms with van der Waals surface area (Å²) in [5.41, 5.74) is 6.36. The maximum atomic E-state index is 12.8. The molecule has 1 aliphatic rings. The number of para-hydroxylation sites is 1. The van der Waals surface area contributed by atoms with Crippen LogP contribution >= 0.6 is 0 Å². The standard InChI is InChI=1S/C24H25N5O4/c1-14(2)29-24(33)18-9-5-4-8-17(18)21(28-29)23(32)27-26-20(30)12-11-16-13-15-7-3-6-10-19(15)25-22(16)31/h3-10,14,16H,11-13H2,1-2H3,(H,25,31)(H,26,30)(H,27,32). The molecule has 0 fully saturated rings. The first-order valence-corrected chi connectivity index (χ1v) is 10.8. The van der Waals surface area contributed by atoms with E-state index in [4.69, 9.17) is 0 Å². The van der Waals surface area contributed by atoms with E-state index in [0.717, 1.165) is 11.3 Å². The third-order valence-electron chi connectivity index (χ3n) is 5.68. The van der Waals surface area contributed by atoms with Crippen molar-refractivity contribution in [3.63, 3.8) is 0 Å². The van der Waals surface area contributed by atoms with Gasteiger partial charge in [0.05, 0.1) is 11.4 Å². The number of carbonyl (C=O) groups excluding carboxylic acids is 3. The number of rotatable bonds is 5. The summed E-state index contributed by atoms with van der Waals surface area (Å²) in [7, 11) is 0. The van der Waals surface area contributed by atoms with Crippen molar-refractivity contribution in [1.29, 1.82) is 0 Å². The third-order valence-corrected chi connectivity index (χ3v) is 5.68. The number of benzene rings is 2. The summed E-state index contributed by atoms with van der Waals surface area (Å²) in [4.78, 5) is 50.0. The molecule has 1 aromatic heterocycles. The van der Waals surface area contributed by atoms with Crippen LogP contribution in [0, 0.1) is 5.92 Å². The largest absolute Gasteiger partial charge is 0.326 e. The van der Waals surface area contributed by atoms with Gasteiger partial charge in [-0.3, -0.25) is 30.0 Å². The number of carbonyl (C=O) groups is 3. The van der Waals surface area contributed by atoms with Crippen molar-refractivity contribution in [1.82, 2.24) is 20.6 Å². The Hall–Kier alpha value is -4.01. The number of amides is 3. The van der Waals surface area contributed by atoms with Crippen LogP contribution < -0.4 is 21.7 Å². The smallest absolute Gasteiger partial charge is 0.290 e. The molecule has 3 amide bonds. The van der Waals surface area contributed by atoms with Gasteiger partial charge in [-0.05, 0) is 44.4 Å². The molecule has 33 heavy (non-hydrogen) atoms. The zero-order chi connectivity index (χ0) is 23.5. The number of hydrazine groups is 1. The fraction of sp³-hybridized carbons (Fsp3) is 0.292. The van der Waals surface area contributed by atoms with Crippen molar-refractivity contribution in [3.05, 3.63) is 70.1 Å². The maximum absolute atomic E-state index is 12.8. The Morgan fingerprint density at radius 1 is 1.06 bits per heavy atom. The highest BCUT2D eigenvalue weighted by atomic mass is 16.2. The average molecular weight is 447 g/mol. The molecule has 3 N–H and O–H groups in total. The van der Waals surface area contributed by atoms with Crippen LogP contribution in [-0.2, 0) is 16.0 Å². The molecule has 170 valence electrons. The van der Waals surface area contributed by atoms with Crippen LogP contribution in [0.4, 0.5) is 5.69 Å². The van der Waals surface area contributed by atoms with E-state index in [1.165, 1.54) is 4.68 Å². The van der Waals surface area contributed by atoms with Gasteiger partial charge in [-0.15, -0.1) is 0 Å². The number of fused-ring (bicyclic) bond motifs is 2. The Morgan fingerprint density at radius 2 is 1.76 bits per heavy atom. The summed E-state index contributed by atoms with van der Waals surface area (Å²) in [5.74, 6) is -1.48. The van der Waals surface area contributed by atoms with E-state index >= 15 is 0 Å². The van der Waals surface area contributed by atoms with E-state index in [9.17, 15) is 19.2 Å². The van der Waals surface area contributed by atoms with E-state index in [0.29, 0.717) is 23.6 Å². The third kappa shape index (κ3) is 4.62. The highest BCUT2D eigenvalue weighted by molar-refractivity contribution is 6.05. The first-order valence-electron chi connectivity index (χ1n) is 10.8. The molecule has 0 spiro atoms. The SMILES string of the molecule is CC(C)n1nc(C(=O)NNC(=O)CCC2Cc3ccccc3NC2=O)c2ccccc2c1=O. The van der Waals surface area contributed by atoms with Gasteiger partial charge >= 0.3 is 0 Å². The Balaban J connectivity index is 1.40. The highest BCUT2D eigenvalue weighted by Crippen LogP contribution is 2.27. The van der Waals surface area contributed by atoms with Crippen LogP contribution in [0.3, 0.4) is 0 Å². The lowest BCUT2D eigenvalue weighted by molar-refractivity contribution is -0.123. The molecule has 0 saturated heterocycles. The number of nitrogens with one attached hydrogen (secondary N) is 3. The summed E-state index contributed by atoms with van der Waals surface area (Å²) < 4.78 is 1.25. The lowest BCUT2D eigenvalue weighted by Crippen LogP contribution is -2.43. The Morgan fingerprint density at radius 3 is 2.52 bits per heavy atom. The summed E-state index contributed by atoms with van der Waals surface area (Å²) >= 11 is 0. The van der Waals surface area contributed by atoms with Gasteiger partial charge in [0.25, 0.3) is 11.5 Å². The summed E-state index contributed by atoms with van der Waals surface area (Å²) in [6.07, 6.45) is 0.982. The molecule has 1 atom stereocenters. The first kappa shape index (κ1) is 22.2. The Kier molecular flexibility index (Phi) is 6.21. The first-order chi connectivity index (χ1) is 15.8. The van der Waals surface area contributed by atoms with Crippen molar-refractivity contribution in [2.75, 3.05) is 5.32 Å². The predicted molar refractivity (Wildman–Crippen MR) is 123 cm³/mol. The maximum Gasteiger partial charge on any atom is 0.290 e. The molecule has 1 unspecified atom stereocenters. The van der Waals surface area contributed by atoms with Gasteiger partial charge in [-0.1, -0.05) is 36.4 Å². The van der Waals surface area contributed by atoms with Crippen LogP contribution in [0.25, 0.3) is 10.8 Å². The van der Waals surface area contributed by atoms with Crippen molar-refractivity contribution in [2.45, 2.75) is 39.2 Å². The Labute approximate surface area is 190 Å². The monoisotopic (exact) mass is 447 g/mol.